The molecular weight excluding hydrogens is 468 g/mol. The summed E-state index contributed by atoms with van der Waals surface area (Å²) in [6.07, 6.45) is 13.1. The average molecular weight is 521 g/mol. The molecule has 38 heavy (non-hydrogen) atoms. The first-order valence-corrected chi connectivity index (χ1v) is 16.0. The Morgan fingerprint density at radius 1 is 1.00 bits per heavy atom. The molecule has 11 atom stereocenters. The number of carbonyl (C=O) groups excluding carboxylic acids is 1. The molecule has 1 heterocycles. The van der Waals surface area contributed by atoms with Gasteiger partial charge in [-0.15, -0.1) is 0 Å². The first-order valence-electron chi connectivity index (χ1n) is 16.0. The van der Waals surface area contributed by atoms with Gasteiger partial charge in [0.25, 0.3) is 0 Å². The second kappa shape index (κ2) is 9.64. The Morgan fingerprint density at radius 3 is 2.50 bits per heavy atom. The van der Waals surface area contributed by atoms with Gasteiger partial charge in [-0.1, -0.05) is 79.0 Å². The van der Waals surface area contributed by atoms with Crippen molar-refractivity contribution in [1.29, 1.82) is 0 Å². The van der Waals surface area contributed by atoms with E-state index in [0.29, 0.717) is 23.0 Å². The van der Waals surface area contributed by atoms with Gasteiger partial charge in [0.2, 0.25) is 0 Å². The molecule has 210 valence electrons. The lowest BCUT2D eigenvalue weighted by Gasteiger charge is -2.61. The van der Waals surface area contributed by atoms with Crippen LogP contribution in [0, 0.1) is 52.3 Å². The number of ether oxygens (including phenoxy) is 2. The summed E-state index contributed by atoms with van der Waals surface area (Å²) in [5, 5.41) is 0. The number of hydrogen-bond donors (Lipinski definition) is 0. The third-order valence-corrected chi connectivity index (χ3v) is 12.9. The highest BCUT2D eigenvalue weighted by Crippen LogP contribution is 2.75. The monoisotopic (exact) mass is 520 g/mol. The molecule has 5 aliphatic rings. The van der Waals surface area contributed by atoms with Crippen LogP contribution in [0.4, 0.5) is 0 Å². The van der Waals surface area contributed by atoms with Gasteiger partial charge in [0.15, 0.2) is 0 Å². The predicted octanol–water partition coefficient (Wildman–Crippen LogP) is 8.71. The van der Waals surface area contributed by atoms with Crippen molar-refractivity contribution in [3.63, 3.8) is 0 Å². The van der Waals surface area contributed by atoms with E-state index in [1.165, 1.54) is 44.9 Å². The predicted molar refractivity (Wildman–Crippen MR) is 153 cm³/mol. The van der Waals surface area contributed by atoms with Gasteiger partial charge in [-0.3, -0.25) is 0 Å². The van der Waals surface area contributed by atoms with Crippen LogP contribution < -0.4 is 0 Å². The number of fused-ring (bicyclic) bond motifs is 4. The molecule has 0 radical (unpaired) electrons. The van der Waals surface area contributed by atoms with Crippen molar-refractivity contribution >= 4 is 5.97 Å². The highest BCUT2D eigenvalue weighted by molar-refractivity contribution is 5.89. The quantitative estimate of drug-likeness (QED) is 0.266. The topological polar surface area (TPSA) is 38.8 Å². The SMILES string of the molecule is CC(C)CCC[C@H](C)[C@@H]1CC[C@@H]2[C@@H]3[C@H](C)[C@@H]4O[C@@]45C[C@H](OC(=O)c4ccccc4)CC[C@]5(C)[C@@H]3CC[C@]21C. The van der Waals surface area contributed by atoms with Gasteiger partial charge in [0.05, 0.1) is 11.7 Å². The maximum atomic E-state index is 12.8. The van der Waals surface area contributed by atoms with Crippen LogP contribution in [0.25, 0.3) is 0 Å². The molecule has 5 fully saturated rings. The van der Waals surface area contributed by atoms with Gasteiger partial charge in [-0.05, 0) is 97.5 Å². The lowest BCUT2D eigenvalue weighted by molar-refractivity contribution is -0.132. The van der Waals surface area contributed by atoms with E-state index in [1.54, 1.807) is 0 Å². The average Bonchev–Trinajstić information content (AvgIpc) is 3.51. The summed E-state index contributed by atoms with van der Waals surface area (Å²) >= 11 is 0. The molecule has 0 unspecified atom stereocenters. The fraction of sp³-hybridized carbons (Fsp3) is 0.800. The highest BCUT2D eigenvalue weighted by Gasteiger charge is 2.78. The van der Waals surface area contributed by atoms with E-state index in [-0.39, 0.29) is 23.1 Å². The van der Waals surface area contributed by atoms with E-state index >= 15 is 0 Å². The number of rotatable bonds is 7. The van der Waals surface area contributed by atoms with E-state index in [4.69, 9.17) is 9.47 Å². The van der Waals surface area contributed by atoms with Gasteiger partial charge in [-0.2, -0.15) is 0 Å². The number of esters is 1. The maximum absolute atomic E-state index is 12.8. The van der Waals surface area contributed by atoms with Crippen LogP contribution in [-0.2, 0) is 9.47 Å². The zero-order chi connectivity index (χ0) is 26.9. The molecule has 0 N–H and O–H groups in total. The Morgan fingerprint density at radius 2 is 1.76 bits per heavy atom. The van der Waals surface area contributed by atoms with Crippen LogP contribution in [0.3, 0.4) is 0 Å². The Balaban J connectivity index is 1.17. The number of hydrogen-bond acceptors (Lipinski definition) is 3. The smallest absolute Gasteiger partial charge is 0.338 e. The lowest BCUT2D eigenvalue weighted by atomic mass is 9.42. The van der Waals surface area contributed by atoms with Crippen LogP contribution in [-0.4, -0.2) is 23.8 Å². The van der Waals surface area contributed by atoms with E-state index < -0.39 is 0 Å². The fourth-order valence-electron chi connectivity index (χ4n) is 11.0. The van der Waals surface area contributed by atoms with Crippen LogP contribution in [0.5, 0.6) is 0 Å². The molecule has 3 heteroatoms. The molecule has 0 amide bonds. The van der Waals surface area contributed by atoms with Gasteiger partial charge >= 0.3 is 5.97 Å². The number of benzene rings is 1. The summed E-state index contributed by atoms with van der Waals surface area (Å²) in [6.45, 7) is 15.1. The Hall–Kier alpha value is -1.35. The van der Waals surface area contributed by atoms with E-state index in [0.717, 1.165) is 54.8 Å². The summed E-state index contributed by atoms with van der Waals surface area (Å²) in [7, 11) is 0. The summed E-state index contributed by atoms with van der Waals surface area (Å²) in [5.74, 6) is 5.37. The molecule has 0 bridgehead atoms. The summed E-state index contributed by atoms with van der Waals surface area (Å²) in [6, 6.07) is 9.48. The highest BCUT2D eigenvalue weighted by atomic mass is 16.6. The minimum Gasteiger partial charge on any atom is -0.459 e. The van der Waals surface area contributed by atoms with Crippen molar-refractivity contribution in [2.75, 3.05) is 0 Å². The summed E-state index contributed by atoms with van der Waals surface area (Å²) < 4.78 is 12.9. The standard InChI is InChI=1S/C35H52O3/c1-22(2)11-10-12-23(3)27-15-16-28-30-24(4)31-35(38-31)21-26(37-32(36)25-13-8-7-9-14-25)17-20-34(35,6)29(30)18-19-33(27,28)5/h7-9,13-14,22-24,26-31H,10-12,15-21H2,1-6H3/t23-,24-,26+,27-,28+,29+,30-,31-,33-,34+,35-/m0/s1. The van der Waals surface area contributed by atoms with Gasteiger partial charge in [0.1, 0.15) is 11.7 Å². The van der Waals surface area contributed by atoms with Crippen LogP contribution in [0.2, 0.25) is 0 Å². The minimum atomic E-state index is -0.178. The largest absolute Gasteiger partial charge is 0.459 e. The van der Waals surface area contributed by atoms with E-state index in [2.05, 4.69) is 41.5 Å². The fourth-order valence-corrected chi connectivity index (χ4v) is 11.0. The second-order valence-electron chi connectivity index (χ2n) is 15.2. The lowest BCUT2D eigenvalue weighted by Crippen LogP contribution is -2.61. The van der Waals surface area contributed by atoms with Crippen LogP contribution in [0.15, 0.2) is 30.3 Å². The zero-order valence-corrected chi connectivity index (χ0v) is 24.9. The van der Waals surface area contributed by atoms with Crippen LogP contribution in [0.1, 0.15) is 116 Å². The minimum absolute atomic E-state index is 0.0269. The van der Waals surface area contributed by atoms with Crippen molar-refractivity contribution in [1.82, 2.24) is 0 Å². The maximum Gasteiger partial charge on any atom is 0.338 e. The third kappa shape index (κ3) is 4.03. The molecule has 3 nitrogen and oxygen atoms in total. The molecule has 1 saturated heterocycles. The molecular formula is C35H52O3. The van der Waals surface area contributed by atoms with Crippen molar-refractivity contribution in [2.45, 2.75) is 124 Å². The summed E-state index contributed by atoms with van der Waals surface area (Å²) in [5.41, 5.74) is 1.29. The summed E-state index contributed by atoms with van der Waals surface area (Å²) in [4.78, 5) is 12.8. The Bertz CT molecular complexity index is 1020. The molecule has 1 spiro atoms. The van der Waals surface area contributed by atoms with Crippen molar-refractivity contribution in [2.24, 2.45) is 52.3 Å². The molecule has 4 saturated carbocycles. The van der Waals surface area contributed by atoms with Gasteiger partial charge < -0.3 is 9.47 Å². The van der Waals surface area contributed by atoms with E-state index in [9.17, 15) is 4.79 Å². The molecule has 1 aromatic carbocycles. The molecule has 1 aromatic rings. The van der Waals surface area contributed by atoms with Crippen molar-refractivity contribution in [3.8, 4) is 0 Å². The molecule has 6 rings (SSSR count). The Labute approximate surface area is 231 Å². The second-order valence-corrected chi connectivity index (χ2v) is 15.2. The normalized spacial score (nSPS) is 45.9. The first-order chi connectivity index (χ1) is 18.1. The number of epoxide rings is 1. The van der Waals surface area contributed by atoms with Gasteiger partial charge in [0, 0.05) is 11.8 Å². The zero-order valence-electron chi connectivity index (χ0n) is 24.9. The van der Waals surface area contributed by atoms with Crippen molar-refractivity contribution < 1.29 is 14.3 Å². The number of carbonyl (C=O) groups is 1. The van der Waals surface area contributed by atoms with Crippen molar-refractivity contribution in [3.05, 3.63) is 35.9 Å². The van der Waals surface area contributed by atoms with E-state index in [1.807, 2.05) is 30.3 Å². The molecule has 1 aliphatic heterocycles. The van der Waals surface area contributed by atoms with Gasteiger partial charge in [-0.25, -0.2) is 4.79 Å². The van der Waals surface area contributed by atoms with Crippen LogP contribution >= 0.6 is 0 Å². The Kier molecular flexibility index (Phi) is 6.81. The third-order valence-electron chi connectivity index (χ3n) is 12.9. The molecule has 0 aromatic heterocycles. The first kappa shape index (κ1) is 26.9. The molecule has 4 aliphatic carbocycles.